The number of aromatic nitrogens is 4. The minimum Gasteiger partial charge on any atom is -0.369 e. The predicted molar refractivity (Wildman–Crippen MR) is 100 cm³/mol. The summed E-state index contributed by atoms with van der Waals surface area (Å²) in [5.74, 6) is 1.07. The second kappa shape index (κ2) is 7.44. The van der Waals surface area contributed by atoms with Gasteiger partial charge in [-0.15, -0.1) is 0 Å². The SMILES string of the molecule is CCn1nc2c(c1C(=O)N1CCN(Cc3ncc[nH]3)CC1)C[C@H](C)O[C@@H]2C. The molecule has 2 aliphatic rings. The van der Waals surface area contributed by atoms with Crippen LogP contribution in [0, 0.1) is 0 Å². The first-order chi connectivity index (χ1) is 13.1. The Morgan fingerprint density at radius 1 is 1.30 bits per heavy atom. The summed E-state index contributed by atoms with van der Waals surface area (Å²) in [7, 11) is 0. The largest absolute Gasteiger partial charge is 0.369 e. The highest BCUT2D eigenvalue weighted by Gasteiger charge is 2.34. The van der Waals surface area contributed by atoms with Gasteiger partial charge in [0.25, 0.3) is 5.91 Å². The van der Waals surface area contributed by atoms with Crippen LogP contribution in [0.2, 0.25) is 0 Å². The molecule has 0 radical (unpaired) electrons. The summed E-state index contributed by atoms with van der Waals surface area (Å²) < 4.78 is 7.76. The average Bonchev–Trinajstić information content (AvgIpc) is 3.29. The molecule has 2 atom stereocenters. The second-order valence-corrected chi connectivity index (χ2v) is 7.43. The van der Waals surface area contributed by atoms with Gasteiger partial charge in [0.1, 0.15) is 11.5 Å². The normalized spacial score (nSPS) is 23.4. The van der Waals surface area contributed by atoms with Crippen LogP contribution in [0.1, 0.15) is 54.4 Å². The number of amides is 1. The lowest BCUT2D eigenvalue weighted by molar-refractivity contribution is -0.00718. The number of ether oxygens (including phenoxy) is 1. The summed E-state index contributed by atoms with van der Waals surface area (Å²) >= 11 is 0. The number of rotatable bonds is 4. The average molecular weight is 372 g/mol. The quantitative estimate of drug-likeness (QED) is 0.882. The van der Waals surface area contributed by atoms with Crippen molar-refractivity contribution >= 4 is 5.91 Å². The van der Waals surface area contributed by atoms with Crippen molar-refractivity contribution in [2.24, 2.45) is 0 Å². The van der Waals surface area contributed by atoms with Gasteiger partial charge in [-0.1, -0.05) is 0 Å². The Morgan fingerprint density at radius 2 is 2.07 bits per heavy atom. The van der Waals surface area contributed by atoms with Crippen molar-refractivity contribution in [3.05, 3.63) is 35.2 Å². The lowest BCUT2D eigenvalue weighted by Gasteiger charge is -2.34. The highest BCUT2D eigenvalue weighted by atomic mass is 16.5. The van der Waals surface area contributed by atoms with Crippen LogP contribution in [-0.2, 0) is 24.2 Å². The Kier molecular flexibility index (Phi) is 5.01. The lowest BCUT2D eigenvalue weighted by atomic mass is 9.99. The van der Waals surface area contributed by atoms with E-state index in [4.69, 9.17) is 4.74 Å². The second-order valence-electron chi connectivity index (χ2n) is 7.43. The number of aryl methyl sites for hydroxylation is 1. The number of fused-ring (bicyclic) bond motifs is 1. The van der Waals surface area contributed by atoms with Gasteiger partial charge in [0.05, 0.1) is 24.4 Å². The maximum Gasteiger partial charge on any atom is 0.272 e. The third-order valence-electron chi connectivity index (χ3n) is 5.48. The topological polar surface area (TPSA) is 79.3 Å². The Bertz CT molecular complexity index is 791. The zero-order valence-corrected chi connectivity index (χ0v) is 16.3. The molecule has 0 aromatic carbocycles. The third-order valence-corrected chi connectivity index (χ3v) is 5.48. The molecule has 1 saturated heterocycles. The van der Waals surface area contributed by atoms with E-state index in [2.05, 4.69) is 26.9 Å². The summed E-state index contributed by atoms with van der Waals surface area (Å²) in [5, 5.41) is 4.69. The number of nitrogens with zero attached hydrogens (tertiary/aromatic N) is 5. The molecule has 1 N–H and O–H groups in total. The number of carbonyl (C=O) groups excluding carboxylic acids is 1. The van der Waals surface area contributed by atoms with Crippen LogP contribution in [0.4, 0.5) is 0 Å². The van der Waals surface area contributed by atoms with Crippen LogP contribution in [0.3, 0.4) is 0 Å². The van der Waals surface area contributed by atoms with E-state index in [-0.39, 0.29) is 18.1 Å². The first kappa shape index (κ1) is 18.2. The van der Waals surface area contributed by atoms with E-state index in [0.717, 1.165) is 61.9 Å². The molecule has 146 valence electrons. The van der Waals surface area contributed by atoms with E-state index in [0.29, 0.717) is 6.54 Å². The molecule has 2 aromatic rings. The van der Waals surface area contributed by atoms with Crippen molar-refractivity contribution in [3.8, 4) is 0 Å². The lowest BCUT2D eigenvalue weighted by Crippen LogP contribution is -2.49. The molecule has 0 saturated carbocycles. The highest BCUT2D eigenvalue weighted by Crippen LogP contribution is 2.32. The Balaban J connectivity index is 1.49. The molecule has 2 aromatic heterocycles. The minimum absolute atomic E-state index is 0.0618. The van der Waals surface area contributed by atoms with Gasteiger partial charge in [-0.3, -0.25) is 14.4 Å². The zero-order chi connectivity index (χ0) is 19.0. The molecule has 8 heteroatoms. The molecule has 0 spiro atoms. The monoisotopic (exact) mass is 372 g/mol. The van der Waals surface area contributed by atoms with Gasteiger partial charge in [-0.25, -0.2) is 4.98 Å². The van der Waals surface area contributed by atoms with Crippen LogP contribution in [0.5, 0.6) is 0 Å². The number of aromatic amines is 1. The molecule has 27 heavy (non-hydrogen) atoms. The number of imidazole rings is 1. The van der Waals surface area contributed by atoms with Crippen LogP contribution in [-0.4, -0.2) is 67.7 Å². The Hall–Kier alpha value is -2.19. The van der Waals surface area contributed by atoms with Crippen molar-refractivity contribution in [2.75, 3.05) is 26.2 Å². The summed E-state index contributed by atoms with van der Waals surface area (Å²) in [6.07, 6.45) is 4.41. The van der Waals surface area contributed by atoms with Crippen LogP contribution in [0.25, 0.3) is 0 Å². The number of H-pyrrole nitrogens is 1. The molecule has 0 bridgehead atoms. The molecule has 1 amide bonds. The smallest absolute Gasteiger partial charge is 0.272 e. The Morgan fingerprint density at radius 3 is 2.74 bits per heavy atom. The van der Waals surface area contributed by atoms with Crippen LogP contribution < -0.4 is 0 Å². The zero-order valence-electron chi connectivity index (χ0n) is 16.3. The number of hydrogen-bond donors (Lipinski definition) is 1. The van der Waals surface area contributed by atoms with E-state index in [9.17, 15) is 4.79 Å². The van der Waals surface area contributed by atoms with Gasteiger partial charge in [0.2, 0.25) is 0 Å². The van der Waals surface area contributed by atoms with Crippen molar-refractivity contribution in [1.82, 2.24) is 29.5 Å². The first-order valence-corrected chi connectivity index (χ1v) is 9.81. The van der Waals surface area contributed by atoms with E-state index in [1.54, 1.807) is 6.20 Å². The molecule has 1 fully saturated rings. The maximum atomic E-state index is 13.3. The fourth-order valence-corrected chi connectivity index (χ4v) is 4.12. The predicted octanol–water partition coefficient (Wildman–Crippen LogP) is 1.61. The van der Waals surface area contributed by atoms with Crippen molar-refractivity contribution in [3.63, 3.8) is 0 Å². The van der Waals surface area contributed by atoms with E-state index >= 15 is 0 Å². The number of nitrogens with one attached hydrogen (secondary N) is 1. The Labute approximate surface area is 159 Å². The first-order valence-electron chi connectivity index (χ1n) is 9.81. The number of hydrogen-bond acceptors (Lipinski definition) is 5. The van der Waals surface area contributed by atoms with Crippen LogP contribution in [0.15, 0.2) is 12.4 Å². The molecule has 4 heterocycles. The molecule has 0 aliphatic carbocycles. The van der Waals surface area contributed by atoms with Gasteiger partial charge in [-0.2, -0.15) is 5.10 Å². The molecule has 4 rings (SSSR count). The van der Waals surface area contributed by atoms with E-state index < -0.39 is 0 Å². The van der Waals surface area contributed by atoms with Gasteiger partial charge >= 0.3 is 0 Å². The van der Waals surface area contributed by atoms with Crippen molar-refractivity contribution < 1.29 is 9.53 Å². The molecular weight excluding hydrogens is 344 g/mol. The molecule has 2 aliphatic heterocycles. The van der Waals surface area contributed by atoms with Gasteiger partial charge in [-0.05, 0) is 20.8 Å². The van der Waals surface area contributed by atoms with Gasteiger partial charge < -0.3 is 14.6 Å². The highest BCUT2D eigenvalue weighted by molar-refractivity contribution is 5.94. The summed E-state index contributed by atoms with van der Waals surface area (Å²) in [4.78, 5) is 25.1. The molecule has 8 nitrogen and oxygen atoms in total. The van der Waals surface area contributed by atoms with E-state index in [1.165, 1.54) is 0 Å². The van der Waals surface area contributed by atoms with Crippen LogP contribution >= 0.6 is 0 Å². The fraction of sp³-hybridized carbons (Fsp3) is 0.632. The van der Waals surface area contributed by atoms with E-state index in [1.807, 2.05) is 29.6 Å². The number of piperazine rings is 1. The molecule has 0 unspecified atom stereocenters. The number of carbonyl (C=O) groups is 1. The minimum atomic E-state index is -0.0618. The third kappa shape index (κ3) is 3.51. The van der Waals surface area contributed by atoms with Crippen molar-refractivity contribution in [1.29, 1.82) is 0 Å². The summed E-state index contributed by atoms with van der Waals surface area (Å²) in [5.41, 5.74) is 2.76. The summed E-state index contributed by atoms with van der Waals surface area (Å²) in [6.45, 7) is 10.8. The van der Waals surface area contributed by atoms with Gasteiger partial charge in [0.15, 0.2) is 0 Å². The van der Waals surface area contributed by atoms with Gasteiger partial charge in [0, 0.05) is 57.1 Å². The fourth-order valence-electron chi connectivity index (χ4n) is 4.12. The van der Waals surface area contributed by atoms with Crippen molar-refractivity contribution in [2.45, 2.75) is 52.5 Å². The summed E-state index contributed by atoms with van der Waals surface area (Å²) in [6, 6.07) is 0. The maximum absolute atomic E-state index is 13.3. The standard InChI is InChI=1S/C19H28N6O2/c1-4-25-18(15-11-13(2)27-14(3)17(15)22-25)19(26)24-9-7-23(8-10-24)12-16-20-5-6-21-16/h5-6,13-14H,4,7-12H2,1-3H3,(H,20,21)/t13-,14+/m0/s1. The molecular formula is C19H28N6O2.